The number of hydrogen-bond donors (Lipinski definition) is 0. The third-order valence-electron chi connectivity index (χ3n) is 9.74. The maximum Gasteiger partial charge on any atom is 2.00 e. The van der Waals surface area contributed by atoms with Gasteiger partial charge < -0.3 is 0 Å². The Hall–Kier alpha value is -2.80. The second-order valence-corrected chi connectivity index (χ2v) is 19.8. The van der Waals surface area contributed by atoms with Crippen molar-refractivity contribution < 1.29 is 26.2 Å². The molecule has 0 fully saturated rings. The van der Waals surface area contributed by atoms with Crippen molar-refractivity contribution in [3.05, 3.63) is 130 Å². The van der Waals surface area contributed by atoms with Gasteiger partial charge in [-0.2, -0.15) is 12.1 Å². The molecule has 6 aromatic rings. The maximum atomic E-state index is 2.39. The summed E-state index contributed by atoms with van der Waals surface area (Å²) < 4.78 is 0. The minimum atomic E-state index is 0. The normalized spacial score (nSPS) is 12.2. The first-order chi connectivity index (χ1) is 23.5. The molecule has 0 aliphatic carbocycles. The van der Waals surface area contributed by atoms with Crippen molar-refractivity contribution in [1.82, 2.24) is 0 Å². The molecule has 6 rings (SSSR count). The molecule has 0 amide bonds. The number of benzene rings is 4. The summed E-state index contributed by atoms with van der Waals surface area (Å²) in [5.74, 6) is 0. The Balaban J connectivity index is 0.000000256. The summed E-state index contributed by atoms with van der Waals surface area (Å²) in [6.07, 6.45) is 0. The summed E-state index contributed by atoms with van der Waals surface area (Å²) in [6.45, 7) is 36.2. The smallest absolute Gasteiger partial charge is 0.165 e. The first-order valence-electron chi connectivity index (χ1n) is 18.8. The van der Waals surface area contributed by atoms with Crippen LogP contribution in [-0.4, -0.2) is 9.52 Å². The van der Waals surface area contributed by atoms with E-state index in [9.17, 15) is 0 Å². The second-order valence-electron chi connectivity index (χ2n) is 18.8. The van der Waals surface area contributed by atoms with Crippen LogP contribution in [0.5, 0.6) is 0 Å². The number of rotatable bonds is 2. The Labute approximate surface area is 339 Å². The second kappa shape index (κ2) is 16.7. The van der Waals surface area contributed by atoms with Gasteiger partial charge in [-0.15, -0.1) is 69.1 Å². The fourth-order valence-corrected chi connectivity index (χ4v) is 6.57. The molecule has 0 saturated heterocycles. The third-order valence-corrected chi connectivity index (χ3v) is 9.74. The molecule has 0 saturated carbocycles. The van der Waals surface area contributed by atoms with E-state index in [4.69, 9.17) is 0 Å². The Morgan fingerprint density at radius 3 is 0.942 bits per heavy atom. The third kappa shape index (κ3) is 10.7. The average molecular weight is 784 g/mol. The zero-order chi connectivity index (χ0) is 38.1. The van der Waals surface area contributed by atoms with Gasteiger partial charge >= 0.3 is 26.2 Å². The van der Waals surface area contributed by atoms with Crippen LogP contribution in [0.1, 0.15) is 116 Å². The van der Waals surface area contributed by atoms with Crippen molar-refractivity contribution in [2.75, 3.05) is 0 Å². The van der Waals surface area contributed by atoms with Crippen LogP contribution < -0.4 is 0 Å². The number of hydrogen-bond acceptors (Lipinski definition) is 0. The van der Waals surface area contributed by atoms with Crippen LogP contribution in [0.15, 0.2) is 97.1 Å². The Morgan fingerprint density at radius 1 is 0.423 bits per heavy atom. The quantitative estimate of drug-likeness (QED) is 0.121. The van der Waals surface area contributed by atoms with Gasteiger partial charge in [-0.05, 0) is 55.0 Å². The first kappa shape index (κ1) is 43.6. The summed E-state index contributed by atoms with van der Waals surface area (Å²) in [5, 5.41) is 5.40. The Morgan fingerprint density at radius 2 is 0.692 bits per heavy atom. The van der Waals surface area contributed by atoms with Crippen LogP contribution in [-0.2, 0) is 47.9 Å². The molecular weight excluding hydrogens is 720 g/mol. The summed E-state index contributed by atoms with van der Waals surface area (Å²) in [5.41, 5.74) is 14.2. The summed E-state index contributed by atoms with van der Waals surface area (Å²) in [4.78, 5) is 0. The van der Waals surface area contributed by atoms with E-state index in [0.29, 0.717) is 0 Å². The van der Waals surface area contributed by atoms with Gasteiger partial charge in [0.15, 0.2) is 0 Å². The summed E-state index contributed by atoms with van der Waals surface area (Å²) in [6, 6.07) is 36.8. The minimum absolute atomic E-state index is 0. The van der Waals surface area contributed by atoms with Crippen molar-refractivity contribution >= 4 is 31.1 Å². The van der Waals surface area contributed by atoms with E-state index in [-0.39, 0.29) is 47.9 Å². The van der Waals surface area contributed by atoms with Crippen molar-refractivity contribution in [1.29, 1.82) is 0 Å². The zero-order valence-corrected chi connectivity index (χ0v) is 38.7. The molecule has 0 heterocycles. The Kier molecular flexibility index (Phi) is 14.0. The first-order valence-corrected chi connectivity index (χ1v) is 20.8. The number of aryl methyl sites for hydroxylation is 2. The van der Waals surface area contributed by atoms with E-state index >= 15 is 0 Å². The molecule has 0 aliphatic rings. The van der Waals surface area contributed by atoms with E-state index in [1.165, 1.54) is 77.2 Å². The van der Waals surface area contributed by atoms with Gasteiger partial charge in [0, 0.05) is 9.52 Å². The molecule has 52 heavy (non-hydrogen) atoms. The molecule has 0 spiro atoms. The monoisotopic (exact) mass is 782 g/mol. The van der Waals surface area contributed by atoms with Gasteiger partial charge in [0.05, 0.1) is 0 Å². The van der Waals surface area contributed by atoms with E-state index < -0.39 is 0 Å². The van der Waals surface area contributed by atoms with Gasteiger partial charge in [-0.1, -0.05) is 170 Å². The van der Waals surface area contributed by atoms with Crippen molar-refractivity contribution in [3.63, 3.8) is 0 Å². The van der Waals surface area contributed by atoms with Gasteiger partial charge in [0.1, 0.15) is 0 Å². The summed E-state index contributed by atoms with van der Waals surface area (Å²) in [7, 11) is 1.08. The average Bonchev–Trinajstić information content (AvgIpc) is 3.60. The molecular formula is C50H64SiZr. The largest absolute Gasteiger partial charge is 2.00 e. The van der Waals surface area contributed by atoms with Crippen LogP contribution in [0, 0.1) is 13.8 Å². The predicted molar refractivity (Wildman–Crippen MR) is 232 cm³/mol. The zero-order valence-electron chi connectivity index (χ0n) is 35.2. The fraction of sp³-hybridized carbons (Fsp3) is 0.400. The van der Waals surface area contributed by atoms with Gasteiger partial charge in [-0.3, -0.25) is 0 Å². The van der Waals surface area contributed by atoms with Crippen molar-refractivity contribution in [2.24, 2.45) is 0 Å². The maximum absolute atomic E-state index is 2.39. The fourth-order valence-electron chi connectivity index (χ4n) is 6.57. The molecule has 0 nitrogen and oxygen atoms in total. The van der Waals surface area contributed by atoms with Crippen LogP contribution in [0.25, 0.3) is 43.8 Å². The molecule has 0 unspecified atom stereocenters. The summed E-state index contributed by atoms with van der Waals surface area (Å²) >= 11 is 0. The molecule has 0 aromatic heterocycles. The molecule has 2 heteroatoms. The topological polar surface area (TPSA) is 0 Å². The van der Waals surface area contributed by atoms with E-state index in [2.05, 4.69) is 207 Å². The van der Waals surface area contributed by atoms with E-state index in [1.807, 2.05) is 0 Å². The van der Waals surface area contributed by atoms with Crippen molar-refractivity contribution in [3.8, 4) is 22.3 Å². The Bertz CT molecular complexity index is 1870. The van der Waals surface area contributed by atoms with Crippen LogP contribution in [0.2, 0.25) is 13.1 Å². The number of fused-ring (bicyclic) bond motifs is 2. The molecule has 6 aromatic carbocycles. The van der Waals surface area contributed by atoms with Gasteiger partial charge in [0.25, 0.3) is 0 Å². The predicted octanol–water partition coefficient (Wildman–Crippen LogP) is 15.0. The molecule has 2 radical (unpaired) electrons. The standard InChI is InChI=1S/2C24H29.C2H6Si.Zr/c2*1-16-11-17-9-8-10-21(22(17)12-16)18-13-19(23(2,3)4)15-20(14-18)24(5,6)7;1-3-2;/h2*8-15H,1-7H3;1-2H3;/q2*-1;;+2. The van der Waals surface area contributed by atoms with Crippen molar-refractivity contribution in [2.45, 2.75) is 132 Å². The van der Waals surface area contributed by atoms with Crippen LogP contribution in [0.3, 0.4) is 0 Å². The molecule has 0 atom stereocenters. The van der Waals surface area contributed by atoms with Gasteiger partial charge in [-0.25, -0.2) is 0 Å². The van der Waals surface area contributed by atoms with Crippen LogP contribution >= 0.6 is 0 Å². The minimum Gasteiger partial charge on any atom is -0.165 e. The van der Waals surface area contributed by atoms with E-state index in [1.54, 1.807) is 0 Å². The SMILES string of the molecule is C[Si]C.Cc1cc2c(-c3cc(C(C)(C)C)cc(C(C)(C)C)c3)cccc2[cH-]1.Cc1cc2c(-c3cc(C(C)(C)C)cc(C(C)(C)C)c3)cccc2[cH-]1.[Zr+2]. The van der Waals surface area contributed by atoms with Crippen LogP contribution in [0.4, 0.5) is 0 Å². The molecule has 0 N–H and O–H groups in total. The van der Waals surface area contributed by atoms with E-state index in [0.717, 1.165) is 9.52 Å². The molecule has 272 valence electrons. The molecule has 0 bridgehead atoms. The van der Waals surface area contributed by atoms with Gasteiger partial charge in [0.2, 0.25) is 0 Å². The molecule has 0 aliphatic heterocycles.